The molecule has 21 heavy (non-hydrogen) atoms. The van der Waals surface area contributed by atoms with E-state index < -0.39 is 9.84 Å². The monoisotopic (exact) mass is 314 g/mol. The molecule has 0 saturated heterocycles. The first-order chi connectivity index (χ1) is 9.87. The summed E-state index contributed by atoms with van der Waals surface area (Å²) in [6, 6.07) is 7.83. The lowest BCUT2D eigenvalue weighted by atomic mass is 10.1. The van der Waals surface area contributed by atoms with Crippen LogP contribution >= 0.6 is 0 Å². The van der Waals surface area contributed by atoms with Crippen molar-refractivity contribution < 1.29 is 13.2 Å². The van der Waals surface area contributed by atoms with Crippen LogP contribution in [0.15, 0.2) is 24.3 Å². The van der Waals surface area contributed by atoms with E-state index in [1.807, 2.05) is 36.2 Å². The average molecular weight is 314 g/mol. The van der Waals surface area contributed by atoms with Crippen LogP contribution in [-0.4, -0.2) is 52.1 Å². The van der Waals surface area contributed by atoms with Crippen LogP contribution in [0.1, 0.15) is 24.9 Å². The normalized spacial score (nSPS) is 13.4. The molecule has 0 heterocycles. The maximum Gasteiger partial charge on any atom is 0.148 e. The molecule has 5 nitrogen and oxygen atoms in total. The third-order valence-corrected chi connectivity index (χ3v) is 4.23. The molecule has 1 atom stereocenters. The number of sulfone groups is 1. The van der Waals surface area contributed by atoms with Gasteiger partial charge >= 0.3 is 0 Å². The average Bonchev–Trinajstić information content (AvgIpc) is 2.44. The highest BCUT2D eigenvalue weighted by Gasteiger charge is 2.16. The van der Waals surface area contributed by atoms with E-state index in [9.17, 15) is 8.42 Å². The molecule has 0 aromatic heterocycles. The van der Waals surface area contributed by atoms with E-state index in [4.69, 9.17) is 10.5 Å². The number of ether oxygens (including phenoxy) is 1. The smallest absolute Gasteiger partial charge is 0.148 e. The summed E-state index contributed by atoms with van der Waals surface area (Å²) in [7, 11) is -1.07. The van der Waals surface area contributed by atoms with Crippen LogP contribution < -0.4 is 10.5 Å². The zero-order valence-corrected chi connectivity index (χ0v) is 13.9. The van der Waals surface area contributed by atoms with E-state index >= 15 is 0 Å². The van der Waals surface area contributed by atoms with Crippen molar-refractivity contribution in [3.63, 3.8) is 0 Å². The number of nitrogens with zero attached hydrogens (tertiary/aromatic N) is 1. The first kappa shape index (κ1) is 17.9. The lowest BCUT2D eigenvalue weighted by Gasteiger charge is -2.27. The molecule has 0 fully saturated rings. The maximum absolute atomic E-state index is 11.3. The minimum Gasteiger partial charge on any atom is -0.494 e. The fourth-order valence-electron chi connectivity index (χ4n) is 2.04. The molecule has 0 aliphatic rings. The highest BCUT2D eigenvalue weighted by atomic mass is 32.2. The summed E-state index contributed by atoms with van der Waals surface area (Å²) < 4.78 is 28.1. The van der Waals surface area contributed by atoms with Crippen molar-refractivity contribution in [1.82, 2.24) is 4.90 Å². The molecule has 6 heteroatoms. The lowest BCUT2D eigenvalue weighted by molar-refractivity contribution is 0.264. The number of hydrogen-bond donors (Lipinski definition) is 1. The molecule has 0 aliphatic heterocycles. The predicted molar refractivity (Wildman–Crippen MR) is 86.4 cm³/mol. The molecule has 0 aliphatic carbocycles. The lowest BCUT2D eigenvalue weighted by Crippen LogP contribution is -2.33. The van der Waals surface area contributed by atoms with E-state index in [-0.39, 0.29) is 11.8 Å². The Labute approximate surface area is 128 Å². The van der Waals surface area contributed by atoms with E-state index in [0.29, 0.717) is 19.7 Å². The summed E-state index contributed by atoms with van der Waals surface area (Å²) in [6.07, 6.45) is 2.22. The van der Waals surface area contributed by atoms with Gasteiger partial charge in [-0.3, -0.25) is 4.90 Å². The van der Waals surface area contributed by atoms with Gasteiger partial charge in [0, 0.05) is 25.4 Å². The van der Waals surface area contributed by atoms with Gasteiger partial charge in [-0.25, -0.2) is 8.42 Å². The number of hydrogen-bond acceptors (Lipinski definition) is 5. The molecule has 0 radical (unpaired) electrons. The maximum atomic E-state index is 11.3. The highest BCUT2D eigenvalue weighted by molar-refractivity contribution is 7.90. The van der Waals surface area contributed by atoms with Crippen molar-refractivity contribution >= 4 is 9.84 Å². The van der Waals surface area contributed by atoms with Gasteiger partial charge in [0.1, 0.15) is 15.6 Å². The standard InChI is InChI=1S/C15H26N2O3S/c1-4-10-20-14-7-5-13(6-8-14)15(12-16)17(2)9-11-21(3,18)19/h5-8,15H,4,9-12,16H2,1-3H3. The highest BCUT2D eigenvalue weighted by Crippen LogP contribution is 2.21. The van der Waals surface area contributed by atoms with Crippen LogP contribution in [0.4, 0.5) is 0 Å². The zero-order chi connectivity index (χ0) is 15.9. The van der Waals surface area contributed by atoms with Gasteiger partial charge in [-0.2, -0.15) is 0 Å². The molecule has 0 amide bonds. The molecule has 1 aromatic rings. The van der Waals surface area contributed by atoms with Crippen LogP contribution in [0.5, 0.6) is 5.75 Å². The Morgan fingerprint density at radius 3 is 2.38 bits per heavy atom. The van der Waals surface area contributed by atoms with E-state index in [1.165, 1.54) is 6.26 Å². The molecule has 1 rings (SSSR count). The molecule has 0 bridgehead atoms. The third-order valence-electron chi connectivity index (χ3n) is 3.31. The summed E-state index contributed by atoms with van der Waals surface area (Å²) in [5.41, 5.74) is 6.91. The van der Waals surface area contributed by atoms with Gasteiger partial charge in [-0.05, 0) is 31.2 Å². The van der Waals surface area contributed by atoms with Crippen molar-refractivity contribution in [3.8, 4) is 5.75 Å². The Hall–Kier alpha value is -1.11. The second-order valence-electron chi connectivity index (χ2n) is 5.28. The minimum absolute atomic E-state index is 0.00646. The zero-order valence-electron chi connectivity index (χ0n) is 13.1. The first-order valence-electron chi connectivity index (χ1n) is 7.18. The number of nitrogens with two attached hydrogens (primary N) is 1. The van der Waals surface area contributed by atoms with Gasteiger partial charge in [0.05, 0.1) is 12.4 Å². The van der Waals surface area contributed by atoms with E-state index in [2.05, 4.69) is 6.92 Å². The minimum atomic E-state index is -2.96. The molecule has 1 aromatic carbocycles. The summed E-state index contributed by atoms with van der Waals surface area (Å²) in [4.78, 5) is 1.98. The molecule has 120 valence electrons. The fraction of sp³-hybridized carbons (Fsp3) is 0.600. The van der Waals surface area contributed by atoms with Crippen molar-refractivity contribution in [2.75, 3.05) is 38.8 Å². The van der Waals surface area contributed by atoms with Gasteiger partial charge in [-0.15, -0.1) is 0 Å². The van der Waals surface area contributed by atoms with Crippen LogP contribution in [0.3, 0.4) is 0 Å². The van der Waals surface area contributed by atoms with Gasteiger partial charge in [-0.1, -0.05) is 19.1 Å². The Kier molecular flexibility index (Phi) is 7.14. The second-order valence-corrected chi connectivity index (χ2v) is 7.54. The Morgan fingerprint density at radius 2 is 1.90 bits per heavy atom. The third kappa shape index (κ3) is 6.46. The number of likely N-dealkylation sites (N-methyl/N-ethyl adjacent to an activating group) is 1. The predicted octanol–water partition coefficient (Wildman–Crippen LogP) is 1.45. The second kappa shape index (κ2) is 8.36. The Balaban J connectivity index is 2.70. The summed E-state index contributed by atoms with van der Waals surface area (Å²) in [5, 5.41) is 0. The summed E-state index contributed by atoms with van der Waals surface area (Å²) in [6.45, 7) is 3.67. The summed E-state index contributed by atoms with van der Waals surface area (Å²) >= 11 is 0. The number of rotatable bonds is 9. The van der Waals surface area contributed by atoms with Crippen molar-refractivity contribution in [2.45, 2.75) is 19.4 Å². The Morgan fingerprint density at radius 1 is 1.29 bits per heavy atom. The molecular weight excluding hydrogens is 288 g/mol. The fourth-order valence-corrected chi connectivity index (χ4v) is 2.66. The van der Waals surface area contributed by atoms with Crippen molar-refractivity contribution in [3.05, 3.63) is 29.8 Å². The van der Waals surface area contributed by atoms with Gasteiger partial charge in [0.15, 0.2) is 0 Å². The van der Waals surface area contributed by atoms with Gasteiger partial charge in [0.25, 0.3) is 0 Å². The Bertz CT molecular complexity index is 514. The van der Waals surface area contributed by atoms with Crippen molar-refractivity contribution in [2.24, 2.45) is 5.73 Å². The SMILES string of the molecule is CCCOc1ccc(C(CN)N(C)CCS(C)(=O)=O)cc1. The van der Waals surface area contributed by atoms with Gasteiger partial charge in [0.2, 0.25) is 0 Å². The van der Waals surface area contributed by atoms with Crippen LogP contribution in [0.2, 0.25) is 0 Å². The van der Waals surface area contributed by atoms with Crippen LogP contribution in [0.25, 0.3) is 0 Å². The number of benzene rings is 1. The molecule has 2 N–H and O–H groups in total. The topological polar surface area (TPSA) is 72.6 Å². The molecule has 0 spiro atoms. The van der Waals surface area contributed by atoms with Crippen molar-refractivity contribution in [1.29, 1.82) is 0 Å². The van der Waals surface area contributed by atoms with E-state index in [0.717, 1.165) is 17.7 Å². The van der Waals surface area contributed by atoms with E-state index in [1.54, 1.807) is 0 Å². The van der Waals surface area contributed by atoms with Crippen LogP contribution in [-0.2, 0) is 9.84 Å². The molecule has 1 unspecified atom stereocenters. The molecular formula is C15H26N2O3S. The largest absolute Gasteiger partial charge is 0.494 e. The quantitative estimate of drug-likeness (QED) is 0.747. The molecule has 0 saturated carbocycles. The summed E-state index contributed by atoms with van der Waals surface area (Å²) in [5.74, 6) is 0.979. The van der Waals surface area contributed by atoms with Gasteiger partial charge < -0.3 is 10.5 Å². The van der Waals surface area contributed by atoms with Crippen LogP contribution in [0, 0.1) is 0 Å². The first-order valence-corrected chi connectivity index (χ1v) is 9.24.